The summed E-state index contributed by atoms with van der Waals surface area (Å²) in [5.41, 5.74) is 0. The van der Waals surface area contributed by atoms with Crippen molar-refractivity contribution >= 4 is 5.97 Å². The monoisotopic (exact) mass is 593 g/mol. The Hall–Kier alpha value is -0.530. The highest BCUT2D eigenvalue weighted by Gasteiger charge is 2.12. The maximum atomic E-state index is 12.4. The van der Waals surface area contributed by atoms with Gasteiger partial charge in [0.15, 0.2) is 0 Å². The van der Waals surface area contributed by atoms with E-state index in [1.165, 1.54) is 205 Å². The van der Waals surface area contributed by atoms with E-state index in [0.717, 1.165) is 6.42 Å². The van der Waals surface area contributed by atoms with E-state index in [1.807, 2.05) is 0 Å². The highest BCUT2D eigenvalue weighted by molar-refractivity contribution is 5.69. The largest absolute Gasteiger partial charge is 0.465 e. The smallest absolute Gasteiger partial charge is 0.305 e. The van der Waals surface area contributed by atoms with Crippen LogP contribution >= 0.6 is 0 Å². The Morgan fingerprint density at radius 3 is 0.952 bits per heavy atom. The second kappa shape index (κ2) is 36.7. The fourth-order valence-corrected chi connectivity index (χ4v) is 6.37. The first kappa shape index (κ1) is 41.5. The number of rotatable bonds is 36. The molecule has 252 valence electrons. The van der Waals surface area contributed by atoms with Crippen molar-refractivity contribution in [3.8, 4) is 0 Å². The van der Waals surface area contributed by atoms with Crippen molar-refractivity contribution in [2.24, 2.45) is 5.92 Å². The third kappa shape index (κ3) is 34.0. The van der Waals surface area contributed by atoms with Crippen LogP contribution in [-0.4, -0.2) is 12.6 Å². The van der Waals surface area contributed by atoms with E-state index < -0.39 is 0 Å². The van der Waals surface area contributed by atoms with Gasteiger partial charge in [0, 0.05) is 6.42 Å². The molecule has 0 heterocycles. The maximum absolute atomic E-state index is 12.4. The predicted octanol–water partition coefficient (Wildman–Crippen LogP) is 14.5. The zero-order valence-electron chi connectivity index (χ0n) is 29.6. The summed E-state index contributed by atoms with van der Waals surface area (Å²) in [4.78, 5) is 12.4. The molecule has 0 N–H and O–H groups in total. The zero-order valence-corrected chi connectivity index (χ0v) is 29.6. The molecule has 0 bridgehead atoms. The molecule has 0 aliphatic carbocycles. The maximum Gasteiger partial charge on any atom is 0.305 e. The van der Waals surface area contributed by atoms with Gasteiger partial charge in [0.2, 0.25) is 0 Å². The van der Waals surface area contributed by atoms with Crippen LogP contribution < -0.4 is 0 Å². The van der Waals surface area contributed by atoms with E-state index in [1.54, 1.807) is 0 Å². The Labute approximate surface area is 266 Å². The van der Waals surface area contributed by atoms with E-state index in [-0.39, 0.29) is 5.97 Å². The molecular formula is C40H80O2. The summed E-state index contributed by atoms with van der Waals surface area (Å²) in [6.07, 6.45) is 45.5. The number of carbonyl (C=O) groups excluding carboxylic acids is 1. The van der Waals surface area contributed by atoms with Crippen LogP contribution in [0.1, 0.15) is 239 Å². The summed E-state index contributed by atoms with van der Waals surface area (Å²) >= 11 is 0. The SMILES string of the molecule is CCCCCCCCCCCCCCC(CCCCCCCCCCCC)COC(=O)CCCCCCCCCCC. The molecule has 0 aromatic rings. The van der Waals surface area contributed by atoms with Crippen LogP contribution in [0.25, 0.3) is 0 Å². The number of hydrogen-bond donors (Lipinski definition) is 0. The minimum Gasteiger partial charge on any atom is -0.465 e. The number of hydrogen-bond acceptors (Lipinski definition) is 2. The molecule has 0 aliphatic heterocycles. The number of esters is 1. The van der Waals surface area contributed by atoms with Gasteiger partial charge in [-0.2, -0.15) is 0 Å². The molecule has 0 aromatic carbocycles. The summed E-state index contributed by atoms with van der Waals surface area (Å²) < 4.78 is 5.84. The lowest BCUT2D eigenvalue weighted by Gasteiger charge is -2.17. The van der Waals surface area contributed by atoms with Crippen molar-refractivity contribution in [2.45, 2.75) is 239 Å². The Morgan fingerprint density at radius 2 is 0.643 bits per heavy atom. The van der Waals surface area contributed by atoms with Crippen molar-refractivity contribution in [2.75, 3.05) is 6.61 Å². The first-order valence-electron chi connectivity index (χ1n) is 19.9. The molecule has 2 heteroatoms. The fraction of sp³-hybridized carbons (Fsp3) is 0.975. The third-order valence-corrected chi connectivity index (χ3v) is 9.40. The summed E-state index contributed by atoms with van der Waals surface area (Å²) in [7, 11) is 0. The van der Waals surface area contributed by atoms with Crippen molar-refractivity contribution in [1.82, 2.24) is 0 Å². The Bertz CT molecular complexity index is 502. The first-order chi connectivity index (χ1) is 20.7. The molecule has 1 unspecified atom stereocenters. The van der Waals surface area contributed by atoms with Crippen LogP contribution in [0.3, 0.4) is 0 Å². The fourth-order valence-electron chi connectivity index (χ4n) is 6.37. The molecule has 0 spiro atoms. The van der Waals surface area contributed by atoms with E-state index in [0.29, 0.717) is 18.9 Å². The van der Waals surface area contributed by atoms with Crippen LogP contribution in [-0.2, 0) is 9.53 Å². The van der Waals surface area contributed by atoms with Gasteiger partial charge in [-0.1, -0.05) is 213 Å². The number of ether oxygens (including phenoxy) is 1. The summed E-state index contributed by atoms with van der Waals surface area (Å²) in [5, 5.41) is 0. The van der Waals surface area contributed by atoms with Gasteiger partial charge in [-0.05, 0) is 25.2 Å². The van der Waals surface area contributed by atoms with Gasteiger partial charge < -0.3 is 4.74 Å². The topological polar surface area (TPSA) is 26.3 Å². The van der Waals surface area contributed by atoms with Gasteiger partial charge in [-0.15, -0.1) is 0 Å². The van der Waals surface area contributed by atoms with Crippen molar-refractivity contribution in [3.63, 3.8) is 0 Å². The van der Waals surface area contributed by atoms with Crippen LogP contribution in [0.2, 0.25) is 0 Å². The highest BCUT2D eigenvalue weighted by atomic mass is 16.5. The lowest BCUT2D eigenvalue weighted by molar-refractivity contribution is -0.145. The summed E-state index contributed by atoms with van der Waals surface area (Å²) in [6, 6.07) is 0. The van der Waals surface area contributed by atoms with E-state index >= 15 is 0 Å². The predicted molar refractivity (Wildman–Crippen MR) is 188 cm³/mol. The van der Waals surface area contributed by atoms with E-state index in [4.69, 9.17) is 4.74 Å². The van der Waals surface area contributed by atoms with Crippen molar-refractivity contribution in [3.05, 3.63) is 0 Å². The molecule has 0 aliphatic rings. The lowest BCUT2D eigenvalue weighted by Crippen LogP contribution is -2.14. The molecule has 1 atom stereocenters. The Balaban J connectivity index is 4.03. The van der Waals surface area contributed by atoms with Gasteiger partial charge in [0.05, 0.1) is 6.61 Å². The van der Waals surface area contributed by atoms with Gasteiger partial charge in [0.25, 0.3) is 0 Å². The lowest BCUT2D eigenvalue weighted by atomic mass is 9.94. The first-order valence-corrected chi connectivity index (χ1v) is 19.9. The van der Waals surface area contributed by atoms with Gasteiger partial charge in [-0.25, -0.2) is 0 Å². The molecule has 0 amide bonds. The molecule has 0 aromatic heterocycles. The Kier molecular flexibility index (Phi) is 36.2. The molecule has 42 heavy (non-hydrogen) atoms. The minimum atomic E-state index is 0.0562. The van der Waals surface area contributed by atoms with Gasteiger partial charge in [-0.3, -0.25) is 4.79 Å². The minimum absolute atomic E-state index is 0.0562. The highest BCUT2D eigenvalue weighted by Crippen LogP contribution is 2.21. The summed E-state index contributed by atoms with van der Waals surface area (Å²) in [6.45, 7) is 7.54. The second-order valence-electron chi connectivity index (χ2n) is 13.8. The van der Waals surface area contributed by atoms with Crippen molar-refractivity contribution < 1.29 is 9.53 Å². The van der Waals surface area contributed by atoms with Gasteiger partial charge in [0.1, 0.15) is 0 Å². The quantitative estimate of drug-likeness (QED) is 0.0534. The van der Waals surface area contributed by atoms with Crippen molar-refractivity contribution in [1.29, 1.82) is 0 Å². The average Bonchev–Trinajstić information content (AvgIpc) is 3.00. The normalized spacial score (nSPS) is 12.2. The molecular weight excluding hydrogens is 512 g/mol. The molecule has 0 saturated heterocycles. The van der Waals surface area contributed by atoms with Crippen LogP contribution in [0.4, 0.5) is 0 Å². The molecule has 2 nitrogen and oxygen atoms in total. The van der Waals surface area contributed by atoms with Gasteiger partial charge >= 0.3 is 5.97 Å². The molecule has 0 saturated carbocycles. The molecule has 0 fully saturated rings. The van der Waals surface area contributed by atoms with Crippen LogP contribution in [0.15, 0.2) is 0 Å². The second-order valence-corrected chi connectivity index (χ2v) is 13.8. The number of unbranched alkanes of at least 4 members (excludes halogenated alkanes) is 28. The average molecular weight is 593 g/mol. The van der Waals surface area contributed by atoms with Crippen LogP contribution in [0.5, 0.6) is 0 Å². The zero-order chi connectivity index (χ0) is 30.6. The van der Waals surface area contributed by atoms with E-state index in [2.05, 4.69) is 20.8 Å². The number of carbonyl (C=O) groups is 1. The summed E-state index contributed by atoms with van der Waals surface area (Å²) in [5.74, 6) is 0.634. The van der Waals surface area contributed by atoms with E-state index in [9.17, 15) is 4.79 Å². The molecule has 0 rings (SSSR count). The molecule has 0 radical (unpaired) electrons. The standard InChI is InChI=1S/C40H80O2/c1-4-7-10-13-16-19-21-22-25-27-30-33-36-39(35-32-29-26-24-20-17-14-11-8-5-2)38-42-40(41)37-34-31-28-23-18-15-12-9-6-3/h39H,4-38H2,1-3H3. The third-order valence-electron chi connectivity index (χ3n) is 9.40. The Morgan fingerprint density at radius 1 is 0.381 bits per heavy atom. The van der Waals surface area contributed by atoms with Crippen LogP contribution in [0, 0.1) is 5.92 Å².